The molecule has 0 saturated heterocycles. The molecule has 2 atom stereocenters. The van der Waals surface area contributed by atoms with Crippen LogP contribution in [0.2, 0.25) is 0 Å². The summed E-state index contributed by atoms with van der Waals surface area (Å²) >= 11 is 3.16. The number of thiophene rings is 1. The molecule has 0 aliphatic heterocycles. The smallest absolute Gasteiger partial charge is 0.231 e. The third-order valence-corrected chi connectivity index (χ3v) is 8.19. The predicted octanol–water partition coefficient (Wildman–Crippen LogP) is 4.21. The second-order valence-corrected chi connectivity index (χ2v) is 10.3. The number of aromatic nitrogens is 3. The fourth-order valence-electron chi connectivity index (χ4n) is 3.47. The van der Waals surface area contributed by atoms with Crippen molar-refractivity contribution in [3.8, 4) is 16.8 Å². The van der Waals surface area contributed by atoms with Crippen molar-refractivity contribution in [2.24, 2.45) is 18.9 Å². The van der Waals surface area contributed by atoms with Gasteiger partial charge >= 0.3 is 0 Å². The molecule has 0 unspecified atom stereocenters. The van der Waals surface area contributed by atoms with Crippen LogP contribution >= 0.6 is 23.1 Å². The Hall–Kier alpha value is -1.85. The molecule has 0 saturated carbocycles. The van der Waals surface area contributed by atoms with E-state index in [1.54, 1.807) is 6.92 Å². The highest BCUT2D eigenvalue weighted by atomic mass is 32.2. The van der Waals surface area contributed by atoms with E-state index in [9.17, 15) is 10.1 Å². The van der Waals surface area contributed by atoms with E-state index in [-0.39, 0.29) is 17.6 Å². The van der Waals surface area contributed by atoms with E-state index in [4.69, 9.17) is 0 Å². The number of nitrogens with zero attached hydrogens (tertiary/aromatic N) is 4. The summed E-state index contributed by atoms with van der Waals surface area (Å²) in [6.07, 6.45) is 4.83. The number of carbonyl (C=O) groups is 1. The number of rotatable bonds is 7. The Morgan fingerprint density at radius 2 is 2.28 bits per heavy atom. The molecule has 3 rings (SSSR count). The Bertz CT molecular complexity index is 926. The molecule has 0 spiro atoms. The molecule has 8 heteroatoms. The monoisotopic (exact) mass is 431 g/mol. The number of nitriles is 1. The average Bonchev–Trinajstić information content (AvgIpc) is 3.28. The number of aryl methyl sites for hydroxylation is 1. The molecule has 2 aromatic rings. The predicted molar refractivity (Wildman–Crippen MR) is 118 cm³/mol. The van der Waals surface area contributed by atoms with E-state index in [0.29, 0.717) is 5.16 Å². The fourth-order valence-corrected chi connectivity index (χ4v) is 5.41. The van der Waals surface area contributed by atoms with E-state index in [1.807, 2.05) is 36.8 Å². The number of fused-ring (bicyclic) bond motifs is 1. The summed E-state index contributed by atoms with van der Waals surface area (Å²) in [6.45, 7) is 7.87. The maximum absolute atomic E-state index is 12.3. The third-order valence-electron chi connectivity index (χ3n) is 5.94. The zero-order chi connectivity index (χ0) is 21.2. The van der Waals surface area contributed by atoms with Crippen LogP contribution in [0.4, 0.5) is 0 Å². The standard InChI is InChI=1S/C21H29N5OS2/c1-6-14-7-8-16-15(9-14)10-17(29-16)19-24-25-20(26(19)5)28-11-18(27)23-21(4,12-22)13(2)3/h10,13-14H,6-9,11H2,1-5H3,(H,23,27)/t14-,21-/m1/s1. The maximum atomic E-state index is 12.3. The lowest BCUT2D eigenvalue weighted by molar-refractivity contribution is -0.120. The number of amides is 1. The molecule has 2 heterocycles. The number of nitrogens with one attached hydrogen (secondary N) is 1. The van der Waals surface area contributed by atoms with Crippen LogP contribution in [0, 0.1) is 23.2 Å². The Morgan fingerprint density at radius 3 is 2.93 bits per heavy atom. The summed E-state index contributed by atoms with van der Waals surface area (Å²) < 4.78 is 1.96. The van der Waals surface area contributed by atoms with Gasteiger partial charge in [-0.1, -0.05) is 39.0 Å². The SMILES string of the molecule is CC[C@@H]1CCc2sc(-c3nnc(SCC(=O)N[C@](C)(C#N)C(C)C)n3C)cc2C1. The van der Waals surface area contributed by atoms with Gasteiger partial charge in [0.2, 0.25) is 5.91 Å². The topological polar surface area (TPSA) is 83.6 Å². The number of hydrogen-bond donors (Lipinski definition) is 1. The Balaban J connectivity index is 1.67. The Kier molecular flexibility index (Phi) is 6.69. The highest BCUT2D eigenvalue weighted by molar-refractivity contribution is 7.99. The summed E-state index contributed by atoms with van der Waals surface area (Å²) in [5.74, 6) is 1.70. The van der Waals surface area contributed by atoms with Crippen molar-refractivity contribution >= 4 is 29.0 Å². The van der Waals surface area contributed by atoms with Crippen molar-refractivity contribution in [3.05, 3.63) is 16.5 Å². The molecule has 6 nitrogen and oxygen atoms in total. The summed E-state index contributed by atoms with van der Waals surface area (Å²) in [7, 11) is 1.94. The minimum Gasteiger partial charge on any atom is -0.337 e. The largest absolute Gasteiger partial charge is 0.337 e. The molecular formula is C21H29N5OS2. The van der Waals surface area contributed by atoms with Crippen LogP contribution in [0.3, 0.4) is 0 Å². The van der Waals surface area contributed by atoms with Gasteiger partial charge in [-0.3, -0.25) is 4.79 Å². The number of carbonyl (C=O) groups excluding carboxylic acids is 1. The van der Waals surface area contributed by atoms with Crippen molar-refractivity contribution in [1.82, 2.24) is 20.1 Å². The quantitative estimate of drug-likeness (QED) is 0.664. The molecule has 1 amide bonds. The lowest BCUT2D eigenvalue weighted by Gasteiger charge is -2.27. The zero-order valence-electron chi connectivity index (χ0n) is 17.8. The van der Waals surface area contributed by atoms with Crippen molar-refractivity contribution in [3.63, 3.8) is 0 Å². The van der Waals surface area contributed by atoms with Crippen LogP contribution in [0.5, 0.6) is 0 Å². The van der Waals surface area contributed by atoms with Crippen LogP contribution in [-0.4, -0.2) is 32.0 Å². The first-order valence-electron chi connectivity index (χ1n) is 10.1. The molecule has 0 radical (unpaired) electrons. The van der Waals surface area contributed by atoms with Gasteiger partial charge in [0, 0.05) is 11.9 Å². The molecule has 1 aliphatic carbocycles. The molecule has 0 fully saturated rings. The van der Waals surface area contributed by atoms with Gasteiger partial charge < -0.3 is 9.88 Å². The van der Waals surface area contributed by atoms with Gasteiger partial charge in [-0.2, -0.15) is 5.26 Å². The van der Waals surface area contributed by atoms with Gasteiger partial charge in [0.1, 0.15) is 5.54 Å². The van der Waals surface area contributed by atoms with Crippen LogP contribution < -0.4 is 5.32 Å². The first kappa shape index (κ1) is 21.8. The molecular weight excluding hydrogens is 402 g/mol. The second-order valence-electron chi connectivity index (χ2n) is 8.25. The first-order chi connectivity index (χ1) is 13.8. The molecule has 0 bridgehead atoms. The van der Waals surface area contributed by atoms with E-state index >= 15 is 0 Å². The first-order valence-corrected chi connectivity index (χ1v) is 11.9. The molecule has 0 aromatic carbocycles. The van der Waals surface area contributed by atoms with E-state index in [2.05, 4.69) is 34.6 Å². The molecule has 1 aliphatic rings. The van der Waals surface area contributed by atoms with E-state index in [0.717, 1.165) is 29.5 Å². The third kappa shape index (κ3) is 4.67. The van der Waals surface area contributed by atoms with E-state index in [1.165, 1.54) is 35.0 Å². The molecule has 156 valence electrons. The molecule has 2 aromatic heterocycles. The number of thioether (sulfide) groups is 1. The minimum atomic E-state index is -0.866. The van der Waals surface area contributed by atoms with Gasteiger partial charge in [0.15, 0.2) is 11.0 Å². The molecule has 29 heavy (non-hydrogen) atoms. The average molecular weight is 432 g/mol. The maximum Gasteiger partial charge on any atom is 0.231 e. The Morgan fingerprint density at radius 1 is 1.52 bits per heavy atom. The van der Waals surface area contributed by atoms with Crippen LogP contribution in [0.1, 0.15) is 51.0 Å². The van der Waals surface area contributed by atoms with Crippen molar-refractivity contribution in [2.75, 3.05) is 5.75 Å². The summed E-state index contributed by atoms with van der Waals surface area (Å²) in [6, 6.07) is 4.47. The van der Waals surface area contributed by atoms with Crippen LogP contribution in [0.25, 0.3) is 10.7 Å². The zero-order valence-corrected chi connectivity index (χ0v) is 19.4. The van der Waals surface area contributed by atoms with Crippen molar-refractivity contribution in [2.45, 2.75) is 64.1 Å². The van der Waals surface area contributed by atoms with Gasteiger partial charge in [-0.05, 0) is 49.7 Å². The van der Waals surface area contributed by atoms with E-state index < -0.39 is 5.54 Å². The van der Waals surface area contributed by atoms with Crippen LogP contribution in [0.15, 0.2) is 11.2 Å². The second kappa shape index (κ2) is 8.88. The fraction of sp³-hybridized carbons (Fsp3) is 0.619. The Labute approximate surface area is 181 Å². The van der Waals surface area contributed by atoms with Crippen molar-refractivity contribution in [1.29, 1.82) is 5.26 Å². The lowest BCUT2D eigenvalue weighted by atomic mass is 9.87. The number of hydrogen-bond acceptors (Lipinski definition) is 6. The summed E-state index contributed by atoms with van der Waals surface area (Å²) in [4.78, 5) is 15.0. The lowest BCUT2D eigenvalue weighted by Crippen LogP contribution is -2.49. The highest BCUT2D eigenvalue weighted by Crippen LogP contribution is 2.38. The van der Waals surface area contributed by atoms with Crippen molar-refractivity contribution < 1.29 is 4.79 Å². The van der Waals surface area contributed by atoms with Crippen LogP contribution in [-0.2, 0) is 24.7 Å². The summed E-state index contributed by atoms with van der Waals surface area (Å²) in [5, 5.41) is 21.6. The summed E-state index contributed by atoms with van der Waals surface area (Å²) in [5.41, 5.74) is 0.596. The normalized spacial score (nSPS) is 18.2. The minimum absolute atomic E-state index is 0.0278. The molecule has 1 N–H and O–H groups in total. The van der Waals surface area contributed by atoms with Gasteiger partial charge in [-0.25, -0.2) is 0 Å². The van der Waals surface area contributed by atoms with Gasteiger partial charge in [0.05, 0.1) is 16.7 Å². The highest BCUT2D eigenvalue weighted by Gasteiger charge is 2.30. The van der Waals surface area contributed by atoms with Gasteiger partial charge in [0.25, 0.3) is 0 Å². The van der Waals surface area contributed by atoms with Gasteiger partial charge in [-0.15, -0.1) is 21.5 Å².